The summed E-state index contributed by atoms with van der Waals surface area (Å²) < 4.78 is 33.8. The van der Waals surface area contributed by atoms with E-state index in [0.29, 0.717) is 24.7 Å². The van der Waals surface area contributed by atoms with Gasteiger partial charge in [-0.1, -0.05) is 35.5 Å². The smallest absolute Gasteiger partial charge is 0.261 e. The Hall–Kier alpha value is -1.86. The van der Waals surface area contributed by atoms with Crippen LogP contribution < -0.4 is 5.73 Å². The van der Waals surface area contributed by atoms with E-state index >= 15 is 0 Å². The van der Waals surface area contributed by atoms with Gasteiger partial charge in [-0.3, -0.25) is 0 Å². The van der Waals surface area contributed by atoms with E-state index in [9.17, 15) is 8.78 Å². The maximum absolute atomic E-state index is 11.9. The van der Waals surface area contributed by atoms with Gasteiger partial charge in [0.15, 0.2) is 5.82 Å². The van der Waals surface area contributed by atoms with Crippen LogP contribution in [0.3, 0.4) is 0 Å². The Morgan fingerprint density at radius 3 is 2.67 bits per heavy atom. The molecule has 1 heterocycles. The van der Waals surface area contributed by atoms with E-state index in [-0.39, 0.29) is 12.5 Å². The lowest BCUT2D eigenvalue weighted by Crippen LogP contribution is -2.14. The van der Waals surface area contributed by atoms with Crippen molar-refractivity contribution in [1.29, 1.82) is 0 Å². The first-order valence-electron chi connectivity index (χ1n) is 6.64. The topological polar surface area (TPSA) is 74.2 Å². The second kappa shape index (κ2) is 7.80. The Kier molecular flexibility index (Phi) is 5.77. The molecule has 0 saturated carbocycles. The van der Waals surface area contributed by atoms with Crippen molar-refractivity contribution in [1.82, 2.24) is 10.1 Å². The summed E-state index contributed by atoms with van der Waals surface area (Å²) in [5, 5.41) is 3.82. The molecule has 21 heavy (non-hydrogen) atoms. The predicted octanol–water partition coefficient (Wildman–Crippen LogP) is 1.98. The first-order valence-corrected chi connectivity index (χ1v) is 6.64. The van der Waals surface area contributed by atoms with E-state index in [1.54, 1.807) is 0 Å². The van der Waals surface area contributed by atoms with Crippen molar-refractivity contribution < 1.29 is 18.0 Å². The van der Waals surface area contributed by atoms with Crippen LogP contribution in [0, 0.1) is 0 Å². The summed E-state index contributed by atoms with van der Waals surface area (Å²) in [5.41, 5.74) is 6.76. The SMILES string of the molecule is NCC(c1ccccc1)c1nc(CCOCC(F)F)no1. The molecule has 1 atom stereocenters. The predicted molar refractivity (Wildman–Crippen MR) is 72.2 cm³/mol. The standard InChI is InChI=1S/C14H17F2N3O2/c15-12(16)9-20-7-6-13-18-14(21-19-13)11(8-17)10-4-2-1-3-5-10/h1-5,11-12H,6-9,17H2. The normalized spacial score (nSPS) is 12.8. The number of hydrogen-bond donors (Lipinski definition) is 1. The van der Waals surface area contributed by atoms with Gasteiger partial charge < -0.3 is 15.0 Å². The number of halogens is 2. The molecule has 5 nitrogen and oxygen atoms in total. The number of hydrogen-bond acceptors (Lipinski definition) is 5. The fourth-order valence-electron chi connectivity index (χ4n) is 1.91. The lowest BCUT2D eigenvalue weighted by molar-refractivity contribution is 0.0182. The summed E-state index contributed by atoms with van der Waals surface area (Å²) in [6.07, 6.45) is -2.15. The molecule has 114 valence electrons. The molecule has 1 aromatic heterocycles. The van der Waals surface area contributed by atoms with Gasteiger partial charge in [0, 0.05) is 13.0 Å². The van der Waals surface area contributed by atoms with Gasteiger partial charge in [0.1, 0.15) is 6.61 Å². The molecule has 0 aliphatic heterocycles. The summed E-state index contributed by atoms with van der Waals surface area (Å²) >= 11 is 0. The average Bonchev–Trinajstić information content (AvgIpc) is 2.94. The van der Waals surface area contributed by atoms with Gasteiger partial charge in [-0.25, -0.2) is 8.78 Å². The van der Waals surface area contributed by atoms with E-state index in [1.165, 1.54) is 0 Å². The van der Waals surface area contributed by atoms with Crippen molar-refractivity contribution in [2.24, 2.45) is 5.73 Å². The van der Waals surface area contributed by atoms with Crippen molar-refractivity contribution in [3.63, 3.8) is 0 Å². The maximum atomic E-state index is 11.9. The van der Waals surface area contributed by atoms with Gasteiger partial charge in [0.05, 0.1) is 12.5 Å². The number of alkyl halides is 2. The first kappa shape index (κ1) is 15.5. The van der Waals surface area contributed by atoms with Gasteiger partial charge >= 0.3 is 0 Å². The molecule has 0 amide bonds. The number of nitrogens with zero attached hydrogens (tertiary/aromatic N) is 2. The monoisotopic (exact) mass is 297 g/mol. The third-order valence-corrected chi connectivity index (χ3v) is 2.93. The quantitative estimate of drug-likeness (QED) is 0.754. The van der Waals surface area contributed by atoms with Gasteiger partial charge in [-0.2, -0.15) is 4.98 Å². The molecular formula is C14H17F2N3O2. The fourth-order valence-corrected chi connectivity index (χ4v) is 1.91. The molecule has 0 fully saturated rings. The minimum absolute atomic E-state index is 0.127. The molecule has 2 rings (SSSR count). The van der Waals surface area contributed by atoms with Crippen molar-refractivity contribution in [2.45, 2.75) is 18.8 Å². The molecule has 1 unspecified atom stereocenters. The highest BCUT2D eigenvalue weighted by Gasteiger charge is 2.19. The van der Waals surface area contributed by atoms with Crippen LogP contribution in [0.25, 0.3) is 0 Å². The fraction of sp³-hybridized carbons (Fsp3) is 0.429. The Bertz CT molecular complexity index is 534. The van der Waals surface area contributed by atoms with E-state index in [0.717, 1.165) is 5.56 Å². The van der Waals surface area contributed by atoms with Crippen LogP contribution in [-0.4, -0.2) is 36.3 Å². The molecule has 0 saturated heterocycles. The maximum Gasteiger partial charge on any atom is 0.261 e. The minimum Gasteiger partial charge on any atom is -0.375 e. The minimum atomic E-state index is -2.47. The molecule has 7 heteroatoms. The lowest BCUT2D eigenvalue weighted by Gasteiger charge is -2.09. The molecule has 1 aromatic carbocycles. The van der Waals surface area contributed by atoms with Crippen LogP contribution in [0.1, 0.15) is 23.2 Å². The Morgan fingerprint density at radius 1 is 1.24 bits per heavy atom. The van der Waals surface area contributed by atoms with E-state index < -0.39 is 13.0 Å². The van der Waals surface area contributed by atoms with Gasteiger partial charge in [-0.15, -0.1) is 0 Å². The zero-order valence-corrected chi connectivity index (χ0v) is 11.4. The molecule has 0 bridgehead atoms. The third-order valence-electron chi connectivity index (χ3n) is 2.93. The molecule has 2 N–H and O–H groups in total. The van der Waals surface area contributed by atoms with E-state index in [2.05, 4.69) is 10.1 Å². The third kappa shape index (κ3) is 4.57. The summed E-state index contributed by atoms with van der Waals surface area (Å²) in [7, 11) is 0. The van der Waals surface area contributed by atoms with Crippen molar-refractivity contribution in [2.75, 3.05) is 19.8 Å². The van der Waals surface area contributed by atoms with Crippen molar-refractivity contribution in [3.05, 3.63) is 47.6 Å². The zero-order chi connectivity index (χ0) is 15.1. The molecule has 0 radical (unpaired) electrons. The van der Waals surface area contributed by atoms with Gasteiger partial charge in [-0.05, 0) is 5.56 Å². The largest absolute Gasteiger partial charge is 0.375 e. The second-order valence-corrected chi connectivity index (χ2v) is 4.46. The van der Waals surface area contributed by atoms with E-state index in [1.807, 2.05) is 30.3 Å². The lowest BCUT2D eigenvalue weighted by atomic mass is 9.99. The zero-order valence-electron chi connectivity index (χ0n) is 11.4. The van der Waals surface area contributed by atoms with Gasteiger partial charge in [0.2, 0.25) is 5.89 Å². The van der Waals surface area contributed by atoms with Crippen LogP contribution >= 0.6 is 0 Å². The summed E-state index contributed by atoms with van der Waals surface area (Å²) in [6.45, 7) is -0.115. The molecule has 2 aromatic rings. The van der Waals surface area contributed by atoms with Crippen LogP contribution in [0.4, 0.5) is 8.78 Å². The molecule has 0 spiro atoms. The van der Waals surface area contributed by atoms with Crippen LogP contribution in [-0.2, 0) is 11.2 Å². The first-order chi connectivity index (χ1) is 10.2. The van der Waals surface area contributed by atoms with Gasteiger partial charge in [0.25, 0.3) is 6.43 Å². The average molecular weight is 297 g/mol. The van der Waals surface area contributed by atoms with Crippen LogP contribution in [0.2, 0.25) is 0 Å². The highest BCUT2D eigenvalue weighted by Crippen LogP contribution is 2.21. The molecule has 0 aliphatic carbocycles. The van der Waals surface area contributed by atoms with Crippen molar-refractivity contribution >= 4 is 0 Å². The summed E-state index contributed by atoms with van der Waals surface area (Å²) in [6, 6.07) is 9.61. The number of rotatable bonds is 8. The highest BCUT2D eigenvalue weighted by atomic mass is 19.3. The summed E-state index contributed by atoms with van der Waals surface area (Å²) in [5.74, 6) is 0.677. The highest BCUT2D eigenvalue weighted by molar-refractivity contribution is 5.24. The van der Waals surface area contributed by atoms with E-state index in [4.69, 9.17) is 15.0 Å². The van der Waals surface area contributed by atoms with Crippen LogP contribution in [0.5, 0.6) is 0 Å². The molecule has 0 aliphatic rings. The summed E-state index contributed by atoms with van der Waals surface area (Å²) in [4.78, 5) is 4.25. The molecular weight excluding hydrogens is 280 g/mol. The Labute approximate surface area is 121 Å². The number of aromatic nitrogens is 2. The Balaban J connectivity index is 1.95. The number of nitrogens with two attached hydrogens (primary N) is 1. The Morgan fingerprint density at radius 2 is 2.00 bits per heavy atom. The number of benzene rings is 1. The van der Waals surface area contributed by atoms with Crippen molar-refractivity contribution in [3.8, 4) is 0 Å². The number of ether oxygens (including phenoxy) is 1. The van der Waals surface area contributed by atoms with Crippen LogP contribution in [0.15, 0.2) is 34.9 Å². The second-order valence-electron chi connectivity index (χ2n) is 4.46.